The van der Waals surface area contributed by atoms with Gasteiger partial charge in [-0.15, -0.1) is 0 Å². The van der Waals surface area contributed by atoms with Gasteiger partial charge in [-0.2, -0.15) is 0 Å². The molecule has 0 saturated carbocycles. The Morgan fingerprint density at radius 2 is 1.88 bits per heavy atom. The summed E-state index contributed by atoms with van der Waals surface area (Å²) in [5.41, 5.74) is 0. The summed E-state index contributed by atoms with van der Waals surface area (Å²) in [6, 6.07) is 0.733. The van der Waals surface area contributed by atoms with Crippen LogP contribution in [-0.4, -0.2) is 42.5 Å². The van der Waals surface area contributed by atoms with Gasteiger partial charge in [-0.1, -0.05) is 0 Å². The molecule has 0 aromatic carbocycles. The number of piperidine rings is 1. The fourth-order valence-corrected chi connectivity index (χ4v) is 2.41. The van der Waals surface area contributed by atoms with Crippen LogP contribution in [0.4, 0.5) is 0 Å². The first-order valence-corrected chi connectivity index (χ1v) is 6.35. The van der Waals surface area contributed by atoms with Crippen molar-refractivity contribution in [1.82, 2.24) is 9.80 Å². The molecule has 1 aliphatic rings. The standard InChI is InChI=1S/C13H27N2.K/c1-12(2)15-10-7-13(8-11-15)6-5-9-14(3)4;/h12-13H,3,5-11H2,1-2,4H3;/q-1;+1. The maximum absolute atomic E-state index is 3.88. The minimum absolute atomic E-state index is 0. The van der Waals surface area contributed by atoms with E-state index in [0.717, 1.165) is 18.5 Å². The molecule has 1 fully saturated rings. The van der Waals surface area contributed by atoms with E-state index < -0.39 is 0 Å². The molecule has 16 heavy (non-hydrogen) atoms. The molecule has 90 valence electrons. The molecule has 0 N–H and O–H groups in total. The zero-order valence-corrected chi connectivity index (χ0v) is 14.8. The van der Waals surface area contributed by atoms with Gasteiger partial charge in [0.05, 0.1) is 0 Å². The van der Waals surface area contributed by atoms with Crippen LogP contribution in [0.25, 0.3) is 0 Å². The van der Waals surface area contributed by atoms with Gasteiger partial charge in [-0.3, -0.25) is 7.05 Å². The zero-order chi connectivity index (χ0) is 11.3. The maximum atomic E-state index is 3.88. The topological polar surface area (TPSA) is 6.48 Å². The third kappa shape index (κ3) is 7.09. The Labute approximate surface area is 145 Å². The first kappa shape index (κ1) is 17.6. The molecule has 0 unspecified atom stereocenters. The number of nitrogens with zero attached hydrogens (tertiary/aromatic N) is 2. The van der Waals surface area contributed by atoms with Crippen molar-refractivity contribution in [2.24, 2.45) is 5.92 Å². The van der Waals surface area contributed by atoms with Gasteiger partial charge in [0.2, 0.25) is 0 Å². The summed E-state index contributed by atoms with van der Waals surface area (Å²) in [7, 11) is 5.94. The third-order valence-electron chi connectivity index (χ3n) is 3.53. The number of likely N-dealkylation sites (tertiary alicyclic amines) is 1. The molecule has 0 aliphatic carbocycles. The summed E-state index contributed by atoms with van der Waals surface area (Å²) < 4.78 is 0. The van der Waals surface area contributed by atoms with Crippen molar-refractivity contribution in [2.45, 2.75) is 45.6 Å². The van der Waals surface area contributed by atoms with E-state index in [-0.39, 0.29) is 51.4 Å². The zero-order valence-electron chi connectivity index (χ0n) is 11.7. The average Bonchev–Trinajstić information content (AvgIpc) is 2.18. The van der Waals surface area contributed by atoms with Crippen LogP contribution in [0.15, 0.2) is 0 Å². The van der Waals surface area contributed by atoms with Crippen LogP contribution < -0.4 is 51.4 Å². The Morgan fingerprint density at radius 1 is 1.31 bits per heavy atom. The fourth-order valence-electron chi connectivity index (χ4n) is 2.41. The minimum Gasteiger partial charge on any atom is -0.462 e. The first-order chi connectivity index (χ1) is 7.09. The molecule has 3 heteroatoms. The monoisotopic (exact) mass is 250 g/mol. The predicted octanol–water partition coefficient (Wildman–Crippen LogP) is -0.386. The smallest absolute Gasteiger partial charge is 0.462 e. The van der Waals surface area contributed by atoms with Gasteiger partial charge in [0.25, 0.3) is 0 Å². The summed E-state index contributed by atoms with van der Waals surface area (Å²) in [6.07, 6.45) is 5.51. The molecule has 0 aromatic heterocycles. The van der Waals surface area contributed by atoms with E-state index in [2.05, 4.69) is 32.8 Å². The van der Waals surface area contributed by atoms with Crippen molar-refractivity contribution >= 4 is 0 Å². The van der Waals surface area contributed by atoms with E-state index in [0.29, 0.717) is 0 Å². The van der Waals surface area contributed by atoms with E-state index in [9.17, 15) is 0 Å². The van der Waals surface area contributed by atoms with E-state index >= 15 is 0 Å². The number of hydrogen-bond donors (Lipinski definition) is 0. The van der Waals surface area contributed by atoms with E-state index in [1.165, 1.54) is 38.8 Å². The largest absolute Gasteiger partial charge is 1.00 e. The molecule has 0 bridgehead atoms. The quantitative estimate of drug-likeness (QED) is 0.485. The van der Waals surface area contributed by atoms with Crippen LogP contribution in [0.5, 0.6) is 0 Å². The van der Waals surface area contributed by atoms with Crippen LogP contribution >= 0.6 is 0 Å². The van der Waals surface area contributed by atoms with Crippen LogP contribution in [0.2, 0.25) is 0 Å². The van der Waals surface area contributed by atoms with E-state index in [1.807, 2.05) is 4.90 Å². The van der Waals surface area contributed by atoms with Gasteiger partial charge < -0.3 is 9.80 Å². The second-order valence-electron chi connectivity index (χ2n) is 5.29. The molecular formula is C13H27KN2. The predicted molar refractivity (Wildman–Crippen MR) is 66.7 cm³/mol. The Morgan fingerprint density at radius 3 is 2.31 bits per heavy atom. The molecule has 0 aromatic rings. The van der Waals surface area contributed by atoms with Crippen molar-refractivity contribution in [3.8, 4) is 0 Å². The number of hydrogen-bond acceptors (Lipinski definition) is 2. The summed E-state index contributed by atoms with van der Waals surface area (Å²) in [5.74, 6) is 0.972. The summed E-state index contributed by atoms with van der Waals surface area (Å²) in [6.45, 7) is 8.37. The fraction of sp³-hybridized carbons (Fsp3) is 0.923. The van der Waals surface area contributed by atoms with Gasteiger partial charge in [0.1, 0.15) is 0 Å². The second kappa shape index (κ2) is 9.48. The van der Waals surface area contributed by atoms with Crippen LogP contribution in [0.1, 0.15) is 39.5 Å². The van der Waals surface area contributed by atoms with Crippen molar-refractivity contribution in [3.05, 3.63) is 7.05 Å². The Balaban J connectivity index is 0.00000225. The Hall–Kier alpha value is 1.56. The van der Waals surface area contributed by atoms with Crippen LogP contribution in [0, 0.1) is 13.0 Å². The molecule has 0 spiro atoms. The molecule has 1 heterocycles. The molecule has 1 saturated heterocycles. The van der Waals surface area contributed by atoms with Crippen LogP contribution in [0.3, 0.4) is 0 Å². The molecule has 1 rings (SSSR count). The average molecular weight is 250 g/mol. The molecule has 2 nitrogen and oxygen atoms in total. The molecule has 0 amide bonds. The van der Waals surface area contributed by atoms with Gasteiger partial charge in [-0.25, -0.2) is 0 Å². The molecule has 0 atom stereocenters. The van der Waals surface area contributed by atoms with Gasteiger partial charge in [0, 0.05) is 6.04 Å². The summed E-state index contributed by atoms with van der Waals surface area (Å²) in [5, 5.41) is 0. The SMILES string of the molecule is [CH2-]N(C)CCCC1CCN(C(C)C)CC1.[K+]. The normalized spacial score (nSPS) is 19.1. The first-order valence-electron chi connectivity index (χ1n) is 6.35. The van der Waals surface area contributed by atoms with Gasteiger partial charge in [0.15, 0.2) is 0 Å². The summed E-state index contributed by atoms with van der Waals surface area (Å²) >= 11 is 0. The molecule has 1 aliphatic heterocycles. The molecular weight excluding hydrogens is 223 g/mol. The van der Waals surface area contributed by atoms with E-state index in [1.54, 1.807) is 0 Å². The second-order valence-corrected chi connectivity index (χ2v) is 5.29. The van der Waals surface area contributed by atoms with Crippen molar-refractivity contribution in [3.63, 3.8) is 0 Å². The minimum atomic E-state index is 0. The Kier molecular flexibility index (Phi) is 10.4. The van der Waals surface area contributed by atoms with Crippen molar-refractivity contribution in [1.29, 1.82) is 0 Å². The number of rotatable bonds is 5. The van der Waals surface area contributed by atoms with Crippen molar-refractivity contribution < 1.29 is 51.4 Å². The Bertz CT molecular complexity index is 161. The van der Waals surface area contributed by atoms with Crippen molar-refractivity contribution in [2.75, 3.05) is 26.7 Å². The van der Waals surface area contributed by atoms with E-state index in [4.69, 9.17) is 0 Å². The summed E-state index contributed by atoms with van der Waals surface area (Å²) in [4.78, 5) is 4.65. The van der Waals surface area contributed by atoms with Gasteiger partial charge >= 0.3 is 51.4 Å². The maximum Gasteiger partial charge on any atom is 1.00 e. The van der Waals surface area contributed by atoms with Gasteiger partial charge in [-0.05, 0) is 72.1 Å². The molecule has 0 radical (unpaired) electrons. The third-order valence-corrected chi connectivity index (χ3v) is 3.53. The van der Waals surface area contributed by atoms with Crippen LogP contribution in [-0.2, 0) is 0 Å².